The van der Waals surface area contributed by atoms with Crippen LogP contribution in [-0.2, 0) is 9.59 Å². The zero-order chi connectivity index (χ0) is 25.0. The molecule has 0 aromatic heterocycles. The van der Waals surface area contributed by atoms with E-state index in [1.807, 2.05) is 27.9 Å². The van der Waals surface area contributed by atoms with Crippen LogP contribution in [0, 0.1) is 18.7 Å². The van der Waals surface area contributed by atoms with Gasteiger partial charge in [-0.05, 0) is 53.8 Å². The molecular weight excluding hydrogens is 435 g/mol. The van der Waals surface area contributed by atoms with Crippen LogP contribution < -0.4 is 14.7 Å². The highest BCUT2D eigenvalue weighted by Crippen LogP contribution is 2.39. The lowest BCUT2D eigenvalue weighted by Gasteiger charge is -2.28. The third-order valence-corrected chi connectivity index (χ3v) is 5.82. The van der Waals surface area contributed by atoms with Gasteiger partial charge in [0.1, 0.15) is 11.6 Å². The number of Topliss-reactive ketones (excluding diaryl/α,β-unsaturated/α-hetero) is 1. The summed E-state index contributed by atoms with van der Waals surface area (Å²) in [5, 5.41) is 13.6. The highest BCUT2D eigenvalue weighted by Gasteiger charge is 2.44. The number of likely N-dealkylation sites (tertiary alicyclic amines) is 1. The third-order valence-electron chi connectivity index (χ3n) is 5.82. The van der Waals surface area contributed by atoms with Crippen LogP contribution in [0.3, 0.4) is 0 Å². The second-order valence-electron chi connectivity index (χ2n) is 9.52. The SMILES string of the molecule is Cc1cc(OCC(C)C)ccc1/C([O-])=C1\C(=O)C(=O)N(CCC[NH+](C)C)C1c1ccc(F)cc1. The molecule has 1 unspecified atom stereocenters. The molecule has 1 fully saturated rings. The van der Waals surface area contributed by atoms with E-state index in [4.69, 9.17) is 4.74 Å². The lowest BCUT2D eigenvalue weighted by Crippen LogP contribution is -3.05. The second-order valence-corrected chi connectivity index (χ2v) is 9.52. The van der Waals surface area contributed by atoms with Gasteiger partial charge in [-0.25, -0.2) is 4.39 Å². The van der Waals surface area contributed by atoms with Crippen LogP contribution in [0.1, 0.15) is 43.0 Å². The number of hydrogen-bond acceptors (Lipinski definition) is 4. The van der Waals surface area contributed by atoms with Crippen molar-refractivity contribution in [2.75, 3.05) is 33.8 Å². The Bertz CT molecular complexity index is 1080. The van der Waals surface area contributed by atoms with Gasteiger partial charge in [-0.15, -0.1) is 0 Å². The van der Waals surface area contributed by atoms with E-state index in [-0.39, 0.29) is 5.57 Å². The number of amides is 1. The molecule has 0 saturated carbocycles. The van der Waals surface area contributed by atoms with Crippen LogP contribution in [0.2, 0.25) is 0 Å². The lowest BCUT2D eigenvalue weighted by atomic mass is 9.94. The van der Waals surface area contributed by atoms with Gasteiger partial charge >= 0.3 is 0 Å². The first-order valence-electron chi connectivity index (χ1n) is 11.6. The molecule has 1 heterocycles. The molecule has 1 N–H and O–H groups in total. The van der Waals surface area contributed by atoms with Crippen LogP contribution in [0.25, 0.3) is 5.76 Å². The van der Waals surface area contributed by atoms with Crippen molar-refractivity contribution in [1.29, 1.82) is 0 Å². The van der Waals surface area contributed by atoms with Gasteiger partial charge in [0.05, 0.1) is 33.3 Å². The number of quaternary nitrogens is 1. The van der Waals surface area contributed by atoms with Gasteiger partial charge in [0.15, 0.2) is 0 Å². The van der Waals surface area contributed by atoms with E-state index in [1.54, 1.807) is 25.1 Å². The summed E-state index contributed by atoms with van der Waals surface area (Å²) in [7, 11) is 4.01. The number of benzene rings is 2. The molecule has 1 aliphatic heterocycles. The maximum atomic E-state index is 13.6. The Labute approximate surface area is 200 Å². The number of aryl methyl sites for hydroxylation is 1. The summed E-state index contributed by atoms with van der Waals surface area (Å²) < 4.78 is 19.3. The molecule has 1 aliphatic rings. The molecule has 1 atom stereocenters. The maximum absolute atomic E-state index is 13.6. The molecule has 34 heavy (non-hydrogen) atoms. The van der Waals surface area contributed by atoms with E-state index in [0.29, 0.717) is 47.9 Å². The molecule has 0 radical (unpaired) electrons. The normalized spacial score (nSPS) is 17.8. The van der Waals surface area contributed by atoms with Crippen molar-refractivity contribution in [2.24, 2.45) is 5.92 Å². The van der Waals surface area contributed by atoms with Crippen molar-refractivity contribution in [1.82, 2.24) is 4.90 Å². The molecule has 6 nitrogen and oxygen atoms in total. The number of carbonyl (C=O) groups is 2. The van der Waals surface area contributed by atoms with Gasteiger partial charge in [-0.1, -0.05) is 37.8 Å². The molecule has 1 saturated heterocycles. The third kappa shape index (κ3) is 5.65. The van der Waals surface area contributed by atoms with Crippen LogP contribution in [0.4, 0.5) is 4.39 Å². The van der Waals surface area contributed by atoms with Gasteiger partial charge in [-0.2, -0.15) is 0 Å². The molecule has 0 aliphatic carbocycles. The first kappa shape index (κ1) is 25.4. The zero-order valence-corrected chi connectivity index (χ0v) is 20.5. The number of nitrogens with zero attached hydrogens (tertiary/aromatic N) is 1. The van der Waals surface area contributed by atoms with Crippen molar-refractivity contribution in [2.45, 2.75) is 33.2 Å². The summed E-state index contributed by atoms with van der Waals surface area (Å²) in [4.78, 5) is 28.7. The van der Waals surface area contributed by atoms with Gasteiger partial charge < -0.3 is 19.6 Å². The number of hydrogen-bond donors (Lipinski definition) is 1. The first-order chi connectivity index (χ1) is 16.1. The summed E-state index contributed by atoms with van der Waals surface area (Å²) in [6, 6.07) is 9.87. The summed E-state index contributed by atoms with van der Waals surface area (Å²) >= 11 is 0. The van der Waals surface area contributed by atoms with E-state index in [9.17, 15) is 19.1 Å². The van der Waals surface area contributed by atoms with Gasteiger partial charge in [0, 0.05) is 18.5 Å². The summed E-state index contributed by atoms with van der Waals surface area (Å²) in [6.45, 7) is 7.55. The van der Waals surface area contributed by atoms with Crippen LogP contribution >= 0.6 is 0 Å². The molecule has 0 spiro atoms. The predicted octanol–water partition coefficient (Wildman–Crippen LogP) is 1.93. The average molecular weight is 469 g/mol. The number of ketones is 1. The van der Waals surface area contributed by atoms with Crippen molar-refractivity contribution >= 4 is 17.4 Å². The second kappa shape index (κ2) is 10.8. The van der Waals surface area contributed by atoms with E-state index >= 15 is 0 Å². The monoisotopic (exact) mass is 468 g/mol. The topological polar surface area (TPSA) is 74.1 Å². The molecule has 2 aromatic carbocycles. The Hall–Kier alpha value is -3.19. The van der Waals surface area contributed by atoms with E-state index in [0.717, 1.165) is 6.54 Å². The van der Waals surface area contributed by atoms with Crippen molar-refractivity contribution in [3.63, 3.8) is 0 Å². The molecular formula is C27H33FN2O4. The minimum Gasteiger partial charge on any atom is -0.872 e. The van der Waals surface area contributed by atoms with Crippen molar-refractivity contribution in [3.8, 4) is 5.75 Å². The fraction of sp³-hybridized carbons (Fsp3) is 0.407. The van der Waals surface area contributed by atoms with Crippen LogP contribution in [-0.4, -0.2) is 50.4 Å². The van der Waals surface area contributed by atoms with Crippen LogP contribution in [0.15, 0.2) is 48.0 Å². The number of rotatable bonds is 9. The Morgan fingerprint density at radius 3 is 2.41 bits per heavy atom. The van der Waals surface area contributed by atoms with Gasteiger partial charge in [0.25, 0.3) is 5.91 Å². The maximum Gasteiger partial charge on any atom is 0.295 e. The van der Waals surface area contributed by atoms with Crippen LogP contribution in [0.5, 0.6) is 5.75 Å². The van der Waals surface area contributed by atoms with Crippen molar-refractivity contribution < 1.29 is 28.7 Å². The predicted molar refractivity (Wildman–Crippen MR) is 127 cm³/mol. The Morgan fingerprint density at radius 1 is 1.15 bits per heavy atom. The Balaban J connectivity index is 2.04. The first-order valence-corrected chi connectivity index (χ1v) is 11.6. The Morgan fingerprint density at radius 2 is 1.82 bits per heavy atom. The molecule has 182 valence electrons. The molecule has 0 bridgehead atoms. The minimum atomic E-state index is -0.846. The quantitative estimate of drug-likeness (QED) is 0.347. The number of nitrogens with one attached hydrogen (secondary N) is 1. The molecule has 7 heteroatoms. The number of ether oxygens (including phenoxy) is 1. The molecule has 3 rings (SSSR count). The molecule has 1 amide bonds. The fourth-order valence-electron chi connectivity index (χ4n) is 4.08. The Kier molecular flexibility index (Phi) is 8.10. The minimum absolute atomic E-state index is 0.0900. The van der Waals surface area contributed by atoms with Gasteiger partial charge in [0.2, 0.25) is 5.78 Å². The van der Waals surface area contributed by atoms with E-state index < -0.39 is 29.3 Å². The number of carbonyl (C=O) groups excluding carboxylic acids is 2. The average Bonchev–Trinajstić information content (AvgIpc) is 3.02. The summed E-state index contributed by atoms with van der Waals surface area (Å²) in [6.07, 6.45) is 0.668. The standard InChI is InChI=1S/C27H33FN2O4/c1-17(2)16-34-21-11-12-22(18(3)15-21)25(31)23-24(19-7-9-20(28)10-8-19)30(27(33)26(23)32)14-6-13-29(4)5/h7-12,15,17,24,31H,6,13-14,16H2,1-5H3/b25-23+. The largest absolute Gasteiger partial charge is 0.872 e. The molecule has 2 aromatic rings. The fourth-order valence-corrected chi connectivity index (χ4v) is 4.08. The van der Waals surface area contributed by atoms with E-state index in [1.165, 1.54) is 34.1 Å². The smallest absolute Gasteiger partial charge is 0.295 e. The van der Waals surface area contributed by atoms with Crippen molar-refractivity contribution in [3.05, 3.63) is 70.5 Å². The van der Waals surface area contributed by atoms with Gasteiger partial charge in [-0.3, -0.25) is 9.59 Å². The summed E-state index contributed by atoms with van der Waals surface area (Å²) in [5.41, 5.74) is 1.45. The van der Waals surface area contributed by atoms with E-state index in [2.05, 4.69) is 0 Å². The highest BCUT2D eigenvalue weighted by atomic mass is 19.1. The number of halogens is 1. The highest BCUT2D eigenvalue weighted by molar-refractivity contribution is 6.46. The lowest BCUT2D eigenvalue weighted by molar-refractivity contribution is -0.858. The zero-order valence-electron chi connectivity index (χ0n) is 20.5. The summed E-state index contributed by atoms with van der Waals surface area (Å²) in [5.74, 6) is -1.40.